The minimum absolute atomic E-state index is 0.128. The molecule has 0 radical (unpaired) electrons. The summed E-state index contributed by atoms with van der Waals surface area (Å²) in [7, 11) is 3.49. The molecule has 0 saturated heterocycles. The van der Waals surface area contributed by atoms with E-state index in [0.717, 1.165) is 0 Å². The lowest BCUT2D eigenvalue weighted by Crippen LogP contribution is -2.37. The van der Waals surface area contributed by atoms with Crippen LogP contribution in [0.1, 0.15) is 0 Å². The summed E-state index contributed by atoms with van der Waals surface area (Å²) in [5.74, 6) is -0.913. The third-order valence-electron chi connectivity index (χ3n) is 0.797. The monoisotopic (exact) mass is 162 g/mol. The van der Waals surface area contributed by atoms with Crippen LogP contribution in [0, 0.1) is 0 Å². The summed E-state index contributed by atoms with van der Waals surface area (Å²) in [4.78, 5) is 11.6. The van der Waals surface area contributed by atoms with E-state index in [4.69, 9.17) is 17.3 Å². The van der Waals surface area contributed by atoms with Crippen molar-refractivity contribution in [3.8, 4) is 0 Å². The van der Waals surface area contributed by atoms with E-state index >= 15 is 0 Å². The van der Waals surface area contributed by atoms with Gasteiger partial charge in [0.2, 0.25) is 0 Å². The Kier molecular flexibility index (Phi) is 3.71. The Morgan fingerprint density at radius 2 is 2.20 bits per heavy atom. The smallest absolute Gasteiger partial charge is 0.322 e. The fraction of sp³-hybridized carbons (Fsp3) is 0.600. The van der Waals surface area contributed by atoms with Gasteiger partial charge in [0, 0.05) is 14.1 Å². The van der Waals surface area contributed by atoms with Crippen LogP contribution in [0.3, 0.4) is 0 Å². The number of hydrogen-bond acceptors (Lipinski definition) is 2. The lowest BCUT2D eigenvalue weighted by molar-refractivity contribution is -0.135. The summed E-state index contributed by atoms with van der Waals surface area (Å²) < 4.78 is 0. The molecule has 0 fully saturated rings. The molecule has 0 bridgehead atoms. The van der Waals surface area contributed by atoms with Crippen molar-refractivity contribution >= 4 is 23.3 Å². The number of hydrogen-bond donors (Lipinski definition) is 2. The standard InChI is InChI=1S/C5H10N2O2S/c1-7(2)5(10)6-3-4(8)9/h3H2,1-2H3,(H,6,10)(H,8,9). The van der Waals surface area contributed by atoms with Crippen LogP contribution in [0.4, 0.5) is 0 Å². The number of nitrogens with one attached hydrogen (secondary N) is 1. The molecule has 0 aromatic rings. The summed E-state index contributed by atoms with van der Waals surface area (Å²) in [5.41, 5.74) is 0. The first-order chi connectivity index (χ1) is 4.54. The van der Waals surface area contributed by atoms with Crippen molar-refractivity contribution in [2.24, 2.45) is 0 Å². The molecule has 10 heavy (non-hydrogen) atoms. The zero-order chi connectivity index (χ0) is 8.15. The Labute approximate surface area is 64.8 Å². The second-order valence-electron chi connectivity index (χ2n) is 1.95. The Morgan fingerprint density at radius 3 is 2.50 bits per heavy atom. The maximum Gasteiger partial charge on any atom is 0.322 e. The molecule has 0 aliphatic carbocycles. The molecule has 0 aromatic carbocycles. The van der Waals surface area contributed by atoms with Gasteiger partial charge in [0.25, 0.3) is 0 Å². The van der Waals surface area contributed by atoms with E-state index in [2.05, 4.69) is 5.32 Å². The third kappa shape index (κ3) is 4.08. The van der Waals surface area contributed by atoms with Gasteiger partial charge in [-0.25, -0.2) is 0 Å². The molecule has 2 N–H and O–H groups in total. The maximum atomic E-state index is 9.99. The molecule has 0 aliphatic heterocycles. The largest absolute Gasteiger partial charge is 0.480 e. The fourth-order valence-corrected chi connectivity index (χ4v) is 0.382. The zero-order valence-corrected chi connectivity index (χ0v) is 6.73. The summed E-state index contributed by atoms with van der Waals surface area (Å²) in [6.07, 6.45) is 0. The predicted octanol–water partition coefficient (Wildman–Crippen LogP) is -0.493. The highest BCUT2D eigenvalue weighted by molar-refractivity contribution is 7.80. The summed E-state index contributed by atoms with van der Waals surface area (Å²) in [5, 5.41) is 11.2. The van der Waals surface area contributed by atoms with Crippen molar-refractivity contribution in [2.75, 3.05) is 20.6 Å². The Bertz CT molecular complexity index is 147. The molecule has 0 unspecified atom stereocenters. The lowest BCUT2D eigenvalue weighted by Gasteiger charge is -2.13. The number of aliphatic carboxylic acids is 1. The molecular formula is C5H10N2O2S. The van der Waals surface area contributed by atoms with Crippen molar-refractivity contribution in [3.63, 3.8) is 0 Å². The average Bonchev–Trinajstić information content (AvgIpc) is 1.82. The third-order valence-corrected chi connectivity index (χ3v) is 1.31. The minimum Gasteiger partial charge on any atom is -0.480 e. The van der Waals surface area contributed by atoms with Gasteiger partial charge in [0.1, 0.15) is 6.54 Å². The highest BCUT2D eigenvalue weighted by Gasteiger charge is 1.99. The van der Waals surface area contributed by atoms with Crippen molar-refractivity contribution in [2.45, 2.75) is 0 Å². The normalized spacial score (nSPS) is 8.60. The van der Waals surface area contributed by atoms with Crippen LogP contribution < -0.4 is 5.32 Å². The van der Waals surface area contributed by atoms with Crippen molar-refractivity contribution < 1.29 is 9.90 Å². The van der Waals surface area contributed by atoms with Crippen LogP contribution in [0.15, 0.2) is 0 Å². The van der Waals surface area contributed by atoms with Gasteiger partial charge in [-0.05, 0) is 12.2 Å². The number of carboxylic acid groups (broad SMARTS) is 1. The van der Waals surface area contributed by atoms with Gasteiger partial charge >= 0.3 is 5.97 Å². The van der Waals surface area contributed by atoms with Crippen LogP contribution in [0.25, 0.3) is 0 Å². The van der Waals surface area contributed by atoms with E-state index in [1.165, 1.54) is 0 Å². The first kappa shape index (κ1) is 9.16. The van der Waals surface area contributed by atoms with E-state index in [1.54, 1.807) is 19.0 Å². The Hall–Kier alpha value is -0.840. The lowest BCUT2D eigenvalue weighted by atomic mass is 10.6. The van der Waals surface area contributed by atoms with Crippen LogP contribution >= 0.6 is 12.2 Å². The molecular weight excluding hydrogens is 152 g/mol. The van der Waals surface area contributed by atoms with Gasteiger partial charge in [0.15, 0.2) is 5.11 Å². The molecule has 0 amide bonds. The summed E-state index contributed by atoms with van der Waals surface area (Å²) in [6, 6.07) is 0. The van der Waals surface area contributed by atoms with Crippen LogP contribution in [0.2, 0.25) is 0 Å². The Morgan fingerprint density at radius 1 is 1.70 bits per heavy atom. The molecule has 0 aliphatic rings. The molecule has 0 saturated carbocycles. The SMILES string of the molecule is CN(C)C(=S)NCC(=O)O. The van der Waals surface area contributed by atoms with Gasteiger partial charge in [-0.15, -0.1) is 0 Å². The number of carbonyl (C=O) groups is 1. The van der Waals surface area contributed by atoms with Crippen molar-refractivity contribution in [1.29, 1.82) is 0 Å². The molecule has 58 valence electrons. The minimum atomic E-state index is -0.913. The molecule has 0 aromatic heterocycles. The second kappa shape index (κ2) is 4.05. The van der Waals surface area contributed by atoms with Gasteiger partial charge in [-0.1, -0.05) is 0 Å². The van der Waals surface area contributed by atoms with Crippen molar-refractivity contribution in [3.05, 3.63) is 0 Å². The van der Waals surface area contributed by atoms with E-state index in [0.29, 0.717) is 5.11 Å². The first-order valence-corrected chi connectivity index (χ1v) is 3.12. The first-order valence-electron chi connectivity index (χ1n) is 2.71. The predicted molar refractivity (Wildman–Crippen MR) is 41.9 cm³/mol. The average molecular weight is 162 g/mol. The second-order valence-corrected chi connectivity index (χ2v) is 2.33. The molecule has 0 heterocycles. The molecule has 0 rings (SSSR count). The number of rotatable bonds is 2. The van der Waals surface area contributed by atoms with E-state index in [9.17, 15) is 4.79 Å². The maximum absolute atomic E-state index is 9.99. The number of thiocarbonyl (C=S) groups is 1. The van der Waals surface area contributed by atoms with E-state index in [-0.39, 0.29) is 6.54 Å². The Balaban J connectivity index is 3.50. The van der Waals surface area contributed by atoms with Crippen LogP contribution in [-0.2, 0) is 4.79 Å². The quantitative estimate of drug-likeness (QED) is 0.536. The van der Waals surface area contributed by atoms with Crippen LogP contribution in [0.5, 0.6) is 0 Å². The van der Waals surface area contributed by atoms with Gasteiger partial charge < -0.3 is 15.3 Å². The molecule has 5 heteroatoms. The molecule has 4 nitrogen and oxygen atoms in total. The number of nitrogens with zero attached hydrogens (tertiary/aromatic N) is 1. The van der Waals surface area contributed by atoms with Crippen LogP contribution in [-0.4, -0.2) is 41.7 Å². The highest BCUT2D eigenvalue weighted by atomic mass is 32.1. The topological polar surface area (TPSA) is 52.6 Å². The van der Waals surface area contributed by atoms with Gasteiger partial charge in [0.05, 0.1) is 0 Å². The van der Waals surface area contributed by atoms with E-state index in [1.807, 2.05) is 0 Å². The molecule has 0 atom stereocenters. The van der Waals surface area contributed by atoms with Gasteiger partial charge in [-0.2, -0.15) is 0 Å². The van der Waals surface area contributed by atoms with Crippen molar-refractivity contribution in [1.82, 2.24) is 10.2 Å². The fourth-order valence-electron chi connectivity index (χ4n) is 0.309. The zero-order valence-electron chi connectivity index (χ0n) is 5.92. The highest BCUT2D eigenvalue weighted by Crippen LogP contribution is 1.76. The number of carboxylic acids is 1. The van der Waals surface area contributed by atoms with E-state index < -0.39 is 5.97 Å². The summed E-state index contributed by atoms with van der Waals surface area (Å²) >= 11 is 4.75. The molecule has 0 spiro atoms. The van der Waals surface area contributed by atoms with Gasteiger partial charge in [-0.3, -0.25) is 4.79 Å². The summed E-state index contributed by atoms with van der Waals surface area (Å²) in [6.45, 7) is -0.128.